The Morgan fingerprint density at radius 3 is 2.40 bits per heavy atom. The van der Waals surface area contributed by atoms with Gasteiger partial charge in [-0.15, -0.1) is 0 Å². The van der Waals surface area contributed by atoms with Crippen LogP contribution in [0.3, 0.4) is 0 Å². The largest absolute Gasteiger partial charge is 0.434 e. The van der Waals surface area contributed by atoms with E-state index < -0.39 is 6.61 Å². The summed E-state index contributed by atoms with van der Waals surface area (Å²) in [6, 6.07) is 14.3. The molecule has 0 saturated heterocycles. The molecule has 106 valence electrons. The quantitative estimate of drug-likeness (QED) is 0.804. The van der Waals surface area contributed by atoms with Crippen molar-refractivity contribution in [2.24, 2.45) is 0 Å². The van der Waals surface area contributed by atoms with Crippen LogP contribution < -0.4 is 10.1 Å². The first kappa shape index (κ1) is 14.8. The van der Waals surface area contributed by atoms with Crippen LogP contribution in [0.5, 0.6) is 5.75 Å². The molecule has 0 bridgehead atoms. The van der Waals surface area contributed by atoms with Crippen LogP contribution >= 0.6 is 15.9 Å². The number of alkyl halides is 2. The van der Waals surface area contributed by atoms with E-state index in [1.165, 1.54) is 0 Å². The third-order valence-electron chi connectivity index (χ3n) is 2.85. The van der Waals surface area contributed by atoms with Gasteiger partial charge in [-0.05, 0) is 41.1 Å². The van der Waals surface area contributed by atoms with Crippen LogP contribution in [0.15, 0.2) is 53.0 Å². The van der Waals surface area contributed by atoms with Crippen molar-refractivity contribution in [2.75, 3.05) is 5.32 Å². The third-order valence-corrected chi connectivity index (χ3v) is 3.54. The lowest BCUT2D eigenvalue weighted by atomic mass is 10.1. The van der Waals surface area contributed by atoms with E-state index in [1.807, 2.05) is 31.2 Å². The molecular formula is C15H14BrF2NO. The van der Waals surface area contributed by atoms with Gasteiger partial charge in [-0.3, -0.25) is 0 Å². The monoisotopic (exact) mass is 341 g/mol. The number of hydrogen-bond donors (Lipinski definition) is 1. The Kier molecular flexibility index (Phi) is 4.95. The molecule has 2 rings (SSSR count). The first-order valence-corrected chi connectivity index (χ1v) is 6.92. The molecule has 2 nitrogen and oxygen atoms in total. The fourth-order valence-corrected chi connectivity index (χ4v) is 2.33. The lowest BCUT2D eigenvalue weighted by molar-refractivity contribution is -0.0505. The van der Waals surface area contributed by atoms with Crippen molar-refractivity contribution < 1.29 is 13.5 Å². The Bertz CT molecular complexity index is 577. The van der Waals surface area contributed by atoms with Crippen LogP contribution in [0.2, 0.25) is 0 Å². The van der Waals surface area contributed by atoms with E-state index in [-0.39, 0.29) is 11.8 Å². The molecule has 0 saturated carbocycles. The standard InChI is InChI=1S/C15H14BrF2NO/c1-10(19-13-8-4-3-7-12(13)16)11-6-2-5-9-14(11)20-15(17)18/h2-10,15,19H,1H3. The van der Waals surface area contributed by atoms with E-state index in [9.17, 15) is 8.78 Å². The third kappa shape index (κ3) is 3.70. The zero-order valence-electron chi connectivity index (χ0n) is 10.8. The van der Waals surface area contributed by atoms with Gasteiger partial charge in [0.15, 0.2) is 0 Å². The maximum atomic E-state index is 12.4. The molecule has 20 heavy (non-hydrogen) atoms. The highest BCUT2D eigenvalue weighted by Gasteiger charge is 2.14. The van der Waals surface area contributed by atoms with E-state index in [0.717, 1.165) is 10.2 Å². The second-order valence-electron chi connectivity index (χ2n) is 4.26. The molecule has 0 fully saturated rings. The second kappa shape index (κ2) is 6.70. The van der Waals surface area contributed by atoms with Crippen LogP contribution in [0.1, 0.15) is 18.5 Å². The van der Waals surface area contributed by atoms with Crippen LogP contribution in [0, 0.1) is 0 Å². The van der Waals surface area contributed by atoms with E-state index in [0.29, 0.717) is 5.56 Å². The van der Waals surface area contributed by atoms with Crippen LogP contribution in [0.25, 0.3) is 0 Å². The van der Waals surface area contributed by atoms with Crippen molar-refractivity contribution in [3.8, 4) is 5.75 Å². The van der Waals surface area contributed by atoms with Crippen molar-refractivity contribution in [3.05, 3.63) is 58.6 Å². The molecule has 2 aromatic rings. The topological polar surface area (TPSA) is 21.3 Å². The predicted molar refractivity (Wildman–Crippen MR) is 79.3 cm³/mol. The number of benzene rings is 2. The summed E-state index contributed by atoms with van der Waals surface area (Å²) in [6.45, 7) is -0.931. The van der Waals surface area contributed by atoms with Gasteiger partial charge in [0.2, 0.25) is 0 Å². The minimum atomic E-state index is -2.83. The number of para-hydroxylation sites is 2. The molecule has 1 atom stereocenters. The Hall–Kier alpha value is -1.62. The van der Waals surface area contributed by atoms with Gasteiger partial charge in [-0.2, -0.15) is 8.78 Å². The van der Waals surface area contributed by atoms with E-state index in [2.05, 4.69) is 26.0 Å². The van der Waals surface area contributed by atoms with Crippen molar-refractivity contribution in [1.29, 1.82) is 0 Å². The van der Waals surface area contributed by atoms with Gasteiger partial charge in [0.1, 0.15) is 5.75 Å². The zero-order valence-corrected chi connectivity index (χ0v) is 12.4. The Morgan fingerprint density at radius 1 is 1.05 bits per heavy atom. The SMILES string of the molecule is CC(Nc1ccccc1Br)c1ccccc1OC(F)F. The number of rotatable bonds is 5. The summed E-state index contributed by atoms with van der Waals surface area (Å²) in [5, 5.41) is 3.27. The average Bonchev–Trinajstić information content (AvgIpc) is 2.41. The summed E-state index contributed by atoms with van der Waals surface area (Å²) in [5.74, 6) is 0.189. The minimum Gasteiger partial charge on any atom is -0.434 e. The molecule has 0 aliphatic carbocycles. The molecule has 0 heterocycles. The minimum absolute atomic E-state index is 0.163. The van der Waals surface area contributed by atoms with Crippen LogP contribution in [-0.4, -0.2) is 6.61 Å². The summed E-state index contributed by atoms with van der Waals surface area (Å²) in [7, 11) is 0. The highest BCUT2D eigenvalue weighted by Crippen LogP contribution is 2.31. The molecule has 0 amide bonds. The molecule has 0 aliphatic rings. The molecule has 0 aromatic heterocycles. The van der Waals surface area contributed by atoms with Crippen molar-refractivity contribution >= 4 is 21.6 Å². The maximum absolute atomic E-state index is 12.4. The highest BCUT2D eigenvalue weighted by atomic mass is 79.9. The molecule has 1 N–H and O–H groups in total. The number of ether oxygens (including phenoxy) is 1. The molecule has 2 aromatic carbocycles. The Labute approximate surface area is 124 Å². The van der Waals surface area contributed by atoms with E-state index in [4.69, 9.17) is 0 Å². The molecule has 5 heteroatoms. The average molecular weight is 342 g/mol. The lowest BCUT2D eigenvalue weighted by Gasteiger charge is -2.19. The number of nitrogens with one attached hydrogen (secondary N) is 1. The van der Waals surface area contributed by atoms with Gasteiger partial charge in [-0.1, -0.05) is 30.3 Å². The fraction of sp³-hybridized carbons (Fsp3) is 0.200. The zero-order chi connectivity index (χ0) is 14.5. The summed E-state index contributed by atoms with van der Waals surface area (Å²) < 4.78 is 30.3. The van der Waals surface area contributed by atoms with Gasteiger partial charge < -0.3 is 10.1 Å². The summed E-state index contributed by atoms with van der Waals surface area (Å²) >= 11 is 3.44. The molecular weight excluding hydrogens is 328 g/mol. The second-order valence-corrected chi connectivity index (χ2v) is 5.12. The fourth-order valence-electron chi connectivity index (χ4n) is 1.93. The summed E-state index contributed by atoms with van der Waals surface area (Å²) in [4.78, 5) is 0. The normalized spacial score (nSPS) is 12.2. The van der Waals surface area contributed by atoms with Crippen LogP contribution in [0.4, 0.5) is 14.5 Å². The smallest absolute Gasteiger partial charge is 0.387 e. The molecule has 0 radical (unpaired) electrons. The lowest BCUT2D eigenvalue weighted by Crippen LogP contribution is -2.11. The van der Waals surface area contributed by atoms with Gasteiger partial charge >= 0.3 is 6.61 Å². The van der Waals surface area contributed by atoms with Gasteiger partial charge in [0.25, 0.3) is 0 Å². The van der Waals surface area contributed by atoms with Crippen molar-refractivity contribution in [3.63, 3.8) is 0 Å². The van der Waals surface area contributed by atoms with Crippen LogP contribution in [-0.2, 0) is 0 Å². The first-order chi connectivity index (χ1) is 9.58. The van der Waals surface area contributed by atoms with E-state index >= 15 is 0 Å². The van der Waals surface area contributed by atoms with Gasteiger partial charge in [-0.25, -0.2) is 0 Å². The van der Waals surface area contributed by atoms with Gasteiger partial charge in [0.05, 0.1) is 6.04 Å². The molecule has 0 spiro atoms. The Morgan fingerprint density at radius 2 is 1.70 bits per heavy atom. The highest BCUT2D eigenvalue weighted by molar-refractivity contribution is 9.10. The molecule has 1 unspecified atom stereocenters. The number of anilines is 1. The number of halogens is 3. The van der Waals surface area contributed by atoms with Crippen molar-refractivity contribution in [2.45, 2.75) is 19.6 Å². The Balaban J connectivity index is 2.21. The summed E-state index contributed by atoms with van der Waals surface area (Å²) in [5.41, 5.74) is 1.58. The maximum Gasteiger partial charge on any atom is 0.387 e. The first-order valence-electron chi connectivity index (χ1n) is 6.12. The summed E-state index contributed by atoms with van der Waals surface area (Å²) in [6.07, 6.45) is 0. The van der Waals surface area contributed by atoms with E-state index in [1.54, 1.807) is 24.3 Å². The predicted octanol–water partition coefficient (Wildman–Crippen LogP) is 5.22. The van der Waals surface area contributed by atoms with Gasteiger partial charge in [0, 0.05) is 15.7 Å². The van der Waals surface area contributed by atoms with Crippen molar-refractivity contribution in [1.82, 2.24) is 0 Å². The molecule has 0 aliphatic heterocycles. The number of hydrogen-bond acceptors (Lipinski definition) is 2.